The summed E-state index contributed by atoms with van der Waals surface area (Å²) in [6.45, 7) is 2.40. The van der Waals surface area contributed by atoms with Crippen molar-refractivity contribution in [3.63, 3.8) is 0 Å². The van der Waals surface area contributed by atoms with Gasteiger partial charge in [-0.05, 0) is 48.4 Å². The normalized spacial score (nSPS) is 17.6. The number of hydrogen-bond donors (Lipinski definition) is 2. The fraction of sp³-hybridized carbons (Fsp3) is 0.237. The highest BCUT2D eigenvalue weighted by Crippen LogP contribution is 2.71. The van der Waals surface area contributed by atoms with Crippen LogP contribution < -0.4 is 10.0 Å². The summed E-state index contributed by atoms with van der Waals surface area (Å²) < 4.78 is 131. The van der Waals surface area contributed by atoms with Crippen LogP contribution in [0, 0.1) is 17.6 Å². The lowest BCUT2D eigenvalue weighted by Crippen LogP contribution is -2.35. The number of alkyl halides is 5. The summed E-state index contributed by atoms with van der Waals surface area (Å²) in [5.41, 5.74) is -1.80. The number of pyridine rings is 2. The molecule has 2 aliphatic carbocycles. The number of carbonyl (C=O) groups excluding carboxylic acids is 1. The number of anilines is 1. The Labute approximate surface area is 329 Å². The molecule has 0 saturated heterocycles. The molecule has 2 N–H and O–H groups in total. The number of nitrogens with zero attached hydrogens (tertiary/aromatic N) is 6. The fourth-order valence-corrected chi connectivity index (χ4v) is 8.46. The van der Waals surface area contributed by atoms with Gasteiger partial charge in [0.25, 0.3) is 5.92 Å². The highest BCUT2D eigenvalue weighted by atomic mass is 35.5. The van der Waals surface area contributed by atoms with Gasteiger partial charge >= 0.3 is 6.18 Å². The molecule has 4 heterocycles. The Balaban J connectivity index is 1.29. The third kappa shape index (κ3) is 6.84. The molecule has 6 aromatic rings. The highest BCUT2D eigenvalue weighted by molar-refractivity contribution is 7.92. The third-order valence-corrected chi connectivity index (χ3v) is 10.9. The van der Waals surface area contributed by atoms with Crippen LogP contribution in [-0.2, 0) is 46.9 Å². The molecule has 2 aliphatic rings. The molecule has 300 valence electrons. The highest BCUT2D eigenvalue weighted by Gasteiger charge is 2.71. The minimum absolute atomic E-state index is 0.0182. The van der Waals surface area contributed by atoms with E-state index >= 15 is 8.78 Å². The molecule has 3 atom stereocenters. The minimum atomic E-state index is -5.12. The Morgan fingerprint density at radius 3 is 2.38 bits per heavy atom. The predicted molar refractivity (Wildman–Crippen MR) is 198 cm³/mol. The molecule has 1 fully saturated rings. The number of hydrogen-bond acceptors (Lipinski definition) is 7. The lowest BCUT2D eigenvalue weighted by Gasteiger charge is -2.23. The van der Waals surface area contributed by atoms with Crippen molar-refractivity contribution in [2.75, 3.05) is 11.0 Å². The lowest BCUT2D eigenvalue weighted by atomic mass is 9.93. The van der Waals surface area contributed by atoms with Crippen molar-refractivity contribution >= 4 is 44.3 Å². The first-order valence-electron chi connectivity index (χ1n) is 17.3. The van der Waals surface area contributed by atoms with Gasteiger partial charge in [-0.3, -0.25) is 23.9 Å². The smallest absolute Gasteiger partial charge is 0.346 e. The summed E-state index contributed by atoms with van der Waals surface area (Å²) in [7, 11) is -2.32. The number of nitrogens with one attached hydrogen (secondary N) is 2. The van der Waals surface area contributed by atoms with Crippen LogP contribution in [0.5, 0.6) is 0 Å². The summed E-state index contributed by atoms with van der Waals surface area (Å²) in [5.74, 6) is -9.74. The molecule has 58 heavy (non-hydrogen) atoms. The first kappa shape index (κ1) is 39.0. The van der Waals surface area contributed by atoms with Gasteiger partial charge in [-0.25, -0.2) is 22.2 Å². The van der Waals surface area contributed by atoms with Gasteiger partial charge in [-0.15, -0.1) is 0 Å². The van der Waals surface area contributed by atoms with E-state index < -0.39 is 81.0 Å². The number of aryl methyl sites for hydroxylation is 1. The van der Waals surface area contributed by atoms with Gasteiger partial charge < -0.3 is 5.32 Å². The van der Waals surface area contributed by atoms with Crippen LogP contribution in [0.3, 0.4) is 0 Å². The number of carbonyl (C=O) groups is 1. The molecule has 0 bridgehead atoms. The van der Waals surface area contributed by atoms with Gasteiger partial charge in [0.2, 0.25) is 15.9 Å². The Bertz CT molecular complexity index is 2790. The molecule has 20 heteroatoms. The van der Waals surface area contributed by atoms with Gasteiger partial charge in [0.15, 0.2) is 11.5 Å². The van der Waals surface area contributed by atoms with Crippen molar-refractivity contribution in [2.24, 2.45) is 13.0 Å². The van der Waals surface area contributed by atoms with Gasteiger partial charge in [0.1, 0.15) is 23.9 Å². The van der Waals surface area contributed by atoms with Crippen LogP contribution in [-0.4, -0.2) is 50.1 Å². The SMILES string of the molecule is C=C1[C@@H]2c3c(C(F)(F)F)nn(CC(=O)N[C@@H](Cc4cc(F)cc(F)c4)c4nc(-c5ccccn5)ccc4-c4ccc(Cl)c5c(NS(C)(=O)=O)nn(C)c45)c3C(F)(F)[C@H]12. The van der Waals surface area contributed by atoms with E-state index in [-0.39, 0.29) is 50.7 Å². The van der Waals surface area contributed by atoms with Gasteiger partial charge in [-0.1, -0.05) is 42.0 Å². The topological polar surface area (TPSA) is 137 Å². The zero-order chi connectivity index (χ0) is 41.6. The van der Waals surface area contributed by atoms with Crippen LogP contribution in [0.4, 0.5) is 36.6 Å². The number of fused-ring (bicyclic) bond motifs is 4. The summed E-state index contributed by atoms with van der Waals surface area (Å²) in [4.78, 5) is 23.2. The van der Waals surface area contributed by atoms with Crippen molar-refractivity contribution in [1.29, 1.82) is 0 Å². The monoisotopic (exact) mass is 844 g/mol. The first-order valence-corrected chi connectivity index (χ1v) is 19.5. The molecule has 0 aliphatic heterocycles. The molecular weight excluding hydrogens is 817 g/mol. The van der Waals surface area contributed by atoms with Crippen LogP contribution in [0.2, 0.25) is 5.02 Å². The summed E-state index contributed by atoms with van der Waals surface area (Å²) >= 11 is 6.59. The summed E-state index contributed by atoms with van der Waals surface area (Å²) in [6, 6.07) is 12.5. The summed E-state index contributed by atoms with van der Waals surface area (Å²) in [5, 5.41) is 10.7. The van der Waals surface area contributed by atoms with Crippen molar-refractivity contribution in [2.45, 2.75) is 37.0 Å². The van der Waals surface area contributed by atoms with Crippen molar-refractivity contribution < 1.29 is 43.9 Å². The Kier molecular flexibility index (Phi) is 9.18. The number of allylic oxidation sites excluding steroid dienone is 1. The maximum Gasteiger partial charge on any atom is 0.435 e. The second-order valence-corrected chi connectivity index (χ2v) is 16.2. The molecule has 0 radical (unpaired) electrons. The number of halogens is 8. The minimum Gasteiger partial charge on any atom is -0.346 e. The summed E-state index contributed by atoms with van der Waals surface area (Å²) in [6.07, 6.45) is -3.07. The molecule has 0 spiro atoms. The molecule has 4 aromatic heterocycles. The van der Waals surface area contributed by atoms with Gasteiger partial charge in [0.05, 0.1) is 51.2 Å². The molecule has 1 saturated carbocycles. The molecule has 11 nitrogen and oxygen atoms in total. The van der Waals surface area contributed by atoms with Crippen molar-refractivity contribution in [1.82, 2.24) is 34.8 Å². The Morgan fingerprint density at radius 2 is 1.72 bits per heavy atom. The average molecular weight is 845 g/mol. The zero-order valence-corrected chi connectivity index (χ0v) is 31.6. The molecule has 2 aromatic carbocycles. The largest absolute Gasteiger partial charge is 0.435 e. The average Bonchev–Trinajstić information content (AvgIpc) is 3.35. The van der Waals surface area contributed by atoms with E-state index in [4.69, 9.17) is 16.6 Å². The molecular formula is C38H28ClF7N8O3S. The maximum atomic E-state index is 15.6. The zero-order valence-electron chi connectivity index (χ0n) is 30.0. The van der Waals surface area contributed by atoms with E-state index in [2.05, 4.69) is 31.8 Å². The van der Waals surface area contributed by atoms with Crippen LogP contribution in [0.1, 0.15) is 40.2 Å². The van der Waals surface area contributed by atoms with E-state index in [1.54, 1.807) is 36.4 Å². The molecule has 1 amide bonds. The maximum absolute atomic E-state index is 15.6. The lowest BCUT2D eigenvalue weighted by molar-refractivity contribution is -0.142. The van der Waals surface area contributed by atoms with E-state index in [0.717, 1.165) is 18.4 Å². The quantitative estimate of drug-likeness (QED) is 0.107. The van der Waals surface area contributed by atoms with E-state index in [9.17, 15) is 35.2 Å². The van der Waals surface area contributed by atoms with E-state index in [1.165, 1.54) is 24.0 Å². The molecule has 0 unspecified atom stereocenters. The van der Waals surface area contributed by atoms with Gasteiger partial charge in [0, 0.05) is 41.9 Å². The predicted octanol–water partition coefficient (Wildman–Crippen LogP) is 7.69. The second kappa shape index (κ2) is 13.6. The van der Waals surface area contributed by atoms with Crippen molar-refractivity contribution in [3.8, 4) is 22.5 Å². The van der Waals surface area contributed by atoms with Crippen molar-refractivity contribution in [3.05, 3.63) is 124 Å². The molecule has 8 rings (SSSR count). The second-order valence-electron chi connectivity index (χ2n) is 14.0. The Morgan fingerprint density at radius 1 is 1.02 bits per heavy atom. The number of rotatable bonds is 10. The van der Waals surface area contributed by atoms with Gasteiger partial charge in [-0.2, -0.15) is 32.1 Å². The fourth-order valence-electron chi connectivity index (χ4n) is 7.73. The number of benzene rings is 2. The Hall–Kier alpha value is -5.82. The third-order valence-electron chi connectivity index (χ3n) is 9.98. The van der Waals surface area contributed by atoms with E-state index in [1.807, 2.05) is 0 Å². The number of aromatic nitrogens is 6. The van der Waals surface area contributed by atoms with Crippen LogP contribution >= 0.6 is 11.6 Å². The van der Waals surface area contributed by atoms with Crippen LogP contribution in [0.25, 0.3) is 33.4 Å². The first-order chi connectivity index (χ1) is 27.2. The van der Waals surface area contributed by atoms with E-state index in [0.29, 0.717) is 27.5 Å². The van der Waals surface area contributed by atoms with Crippen LogP contribution in [0.15, 0.2) is 79.0 Å². The number of sulfonamides is 1. The standard InChI is InChI=1S/C38H28ClF7N8O3S/c1-17-28-30-34(38(44,45)46)50-54(35(30)37(42,43)31(17)28)16-27(55)48-26(14-18-12-19(40)15-20(41)13-18)32-21(8-10-25(49-32)24-6-4-5-11-47-24)22-7-9-23(39)29-33(22)53(2)51-36(29)52-58(3,56)57/h4-13,15,26,28,31H,1,14,16H2,2-3H3,(H,48,55)(H,51,52)/t26-,28+,31+/m0/s1. The number of amides is 1.